The molecule has 5 atom stereocenters. The minimum Gasteiger partial charge on any atom is -0.394 e. The van der Waals surface area contributed by atoms with Crippen molar-refractivity contribution < 1.29 is 39.9 Å². The van der Waals surface area contributed by atoms with Crippen molar-refractivity contribution >= 4 is 17.7 Å². The van der Waals surface area contributed by atoms with Crippen LogP contribution in [0.5, 0.6) is 0 Å². The van der Waals surface area contributed by atoms with E-state index in [4.69, 9.17) is 16.6 Å². The van der Waals surface area contributed by atoms with Crippen molar-refractivity contribution in [1.82, 2.24) is 26.6 Å². The summed E-state index contributed by atoms with van der Waals surface area (Å²) in [7, 11) is 0. The van der Waals surface area contributed by atoms with E-state index in [2.05, 4.69) is 33.5 Å². The zero-order chi connectivity index (χ0) is 45.9. The van der Waals surface area contributed by atoms with Crippen LogP contribution in [-0.4, -0.2) is 133 Å². The number of carbonyl (C=O) groups excluding carboxylic acids is 3. The number of nitrogens with two attached hydrogens (primary N) is 2. The first-order valence-electron chi connectivity index (χ1n) is 25.1. The minimum absolute atomic E-state index is 0.0462. The van der Waals surface area contributed by atoms with Crippen LogP contribution in [0.2, 0.25) is 0 Å². The zero-order valence-electron chi connectivity index (χ0n) is 39.2. The van der Waals surface area contributed by atoms with Crippen molar-refractivity contribution in [3.05, 3.63) is 0 Å². The van der Waals surface area contributed by atoms with Gasteiger partial charge >= 0.3 is 0 Å². The van der Waals surface area contributed by atoms with Crippen molar-refractivity contribution in [1.29, 1.82) is 0 Å². The predicted octanol–water partition coefficient (Wildman–Crippen LogP) is 3.80. The van der Waals surface area contributed by atoms with Crippen LogP contribution < -0.4 is 38.1 Å². The summed E-state index contributed by atoms with van der Waals surface area (Å²) in [5, 5.41) is 63.6. The lowest BCUT2D eigenvalue weighted by molar-refractivity contribution is -0.148. The number of aliphatic hydroxyl groups excluding tert-OH is 5. The van der Waals surface area contributed by atoms with Crippen LogP contribution in [0, 0.1) is 5.92 Å². The maximum atomic E-state index is 13.3. The fourth-order valence-electron chi connectivity index (χ4n) is 7.58. The van der Waals surface area contributed by atoms with Gasteiger partial charge in [-0.15, -0.1) is 0 Å². The van der Waals surface area contributed by atoms with Crippen LogP contribution in [0.25, 0.3) is 0 Å². The van der Waals surface area contributed by atoms with E-state index < -0.39 is 43.0 Å². The van der Waals surface area contributed by atoms with Crippen molar-refractivity contribution in [2.75, 3.05) is 59.0 Å². The number of carbonyl (C=O) groups is 3. The Balaban J connectivity index is 4.46. The molecule has 0 saturated carbocycles. The lowest BCUT2D eigenvalue weighted by Gasteiger charge is -2.24. The summed E-state index contributed by atoms with van der Waals surface area (Å²) in [4.78, 5) is 38.3. The van der Waals surface area contributed by atoms with E-state index >= 15 is 0 Å². The highest BCUT2D eigenvalue weighted by Crippen LogP contribution is 2.14. The summed E-state index contributed by atoms with van der Waals surface area (Å²) in [5.41, 5.74) is 11.3. The van der Waals surface area contributed by atoms with Gasteiger partial charge in [-0.1, -0.05) is 122 Å². The molecule has 0 aliphatic rings. The zero-order valence-corrected chi connectivity index (χ0v) is 39.2. The summed E-state index contributed by atoms with van der Waals surface area (Å²) in [6.07, 6.45) is 21.7. The topological polar surface area (TPSA) is 265 Å². The van der Waals surface area contributed by atoms with E-state index in [-0.39, 0.29) is 11.8 Å². The first-order chi connectivity index (χ1) is 30.1. The molecule has 0 bridgehead atoms. The average Bonchev–Trinajstić information content (AvgIpc) is 3.27. The van der Waals surface area contributed by atoms with Gasteiger partial charge in [0.25, 0.3) is 5.91 Å². The Bertz CT molecular complexity index is 1020. The number of aliphatic hydroxyl groups is 5. The minimum atomic E-state index is -1.91. The molecular formula is C47H97N7O8. The molecule has 62 heavy (non-hydrogen) atoms. The van der Waals surface area contributed by atoms with E-state index in [9.17, 15) is 34.8 Å². The van der Waals surface area contributed by atoms with Gasteiger partial charge in [-0.2, -0.15) is 0 Å². The summed E-state index contributed by atoms with van der Waals surface area (Å²) >= 11 is 0. The molecule has 0 saturated heterocycles. The van der Waals surface area contributed by atoms with Crippen LogP contribution in [0.4, 0.5) is 0 Å². The molecule has 0 aromatic heterocycles. The smallest absolute Gasteiger partial charge is 0.251 e. The maximum absolute atomic E-state index is 13.3. The van der Waals surface area contributed by atoms with Crippen LogP contribution in [0.3, 0.4) is 0 Å². The summed E-state index contributed by atoms with van der Waals surface area (Å²) < 4.78 is 0. The molecule has 0 aromatic rings. The Kier molecular flexibility index (Phi) is 42.9. The van der Waals surface area contributed by atoms with Crippen molar-refractivity contribution in [3.8, 4) is 0 Å². The van der Waals surface area contributed by atoms with Crippen molar-refractivity contribution in [3.63, 3.8) is 0 Å². The molecule has 1 unspecified atom stereocenters. The third kappa shape index (κ3) is 35.4. The molecule has 0 fully saturated rings. The first-order valence-corrected chi connectivity index (χ1v) is 25.1. The molecule has 3 amide bonds. The number of nitrogens with one attached hydrogen (secondary N) is 5. The largest absolute Gasteiger partial charge is 0.394 e. The number of unbranched alkanes of at least 4 members (excludes halogenated alkanes) is 20. The van der Waals surface area contributed by atoms with Gasteiger partial charge < -0.3 is 63.6 Å². The van der Waals surface area contributed by atoms with Gasteiger partial charge in [0, 0.05) is 19.5 Å². The SMILES string of the molecule is CCCCCCCCCCC(NC(=O)CCCCCCCCCCCNC(=O)[C@H](O)[C@@H](O)[C@H](O)[C@H](O)CO)C(=O)NCCCCCCC(CNCCCCN)CNCCCCN. The first kappa shape index (κ1) is 60.1. The lowest BCUT2D eigenvalue weighted by atomic mass is 10.00. The van der Waals surface area contributed by atoms with Crippen LogP contribution in [-0.2, 0) is 14.4 Å². The molecule has 15 heteroatoms. The van der Waals surface area contributed by atoms with Gasteiger partial charge in [-0.05, 0) is 103 Å². The molecule has 14 N–H and O–H groups in total. The van der Waals surface area contributed by atoms with Crippen molar-refractivity contribution in [2.45, 2.75) is 217 Å². The normalized spacial score (nSPS) is 14.1. The highest BCUT2D eigenvalue weighted by molar-refractivity contribution is 5.87. The Morgan fingerprint density at radius 1 is 0.500 bits per heavy atom. The van der Waals surface area contributed by atoms with Crippen LogP contribution in [0.1, 0.15) is 187 Å². The monoisotopic (exact) mass is 888 g/mol. The molecule has 368 valence electrons. The molecule has 0 rings (SSSR count). The second-order valence-corrected chi connectivity index (χ2v) is 17.5. The Morgan fingerprint density at radius 3 is 1.44 bits per heavy atom. The summed E-state index contributed by atoms with van der Waals surface area (Å²) in [6, 6.07) is -0.484. The van der Waals surface area contributed by atoms with E-state index in [0.717, 1.165) is 148 Å². The van der Waals surface area contributed by atoms with Gasteiger partial charge in [-0.25, -0.2) is 0 Å². The van der Waals surface area contributed by atoms with E-state index in [0.29, 0.717) is 38.3 Å². The molecule has 0 spiro atoms. The van der Waals surface area contributed by atoms with E-state index in [1.807, 2.05) is 0 Å². The van der Waals surface area contributed by atoms with Gasteiger partial charge in [-0.3, -0.25) is 14.4 Å². The molecule has 0 aliphatic heterocycles. The van der Waals surface area contributed by atoms with Crippen molar-refractivity contribution in [2.24, 2.45) is 17.4 Å². The molecule has 15 nitrogen and oxygen atoms in total. The molecule has 0 radical (unpaired) electrons. The average molecular weight is 888 g/mol. The highest BCUT2D eigenvalue weighted by Gasteiger charge is 2.34. The quantitative estimate of drug-likeness (QED) is 0.0390. The third-order valence-electron chi connectivity index (χ3n) is 11.7. The maximum Gasteiger partial charge on any atom is 0.251 e. The fraction of sp³-hybridized carbons (Fsp3) is 0.936. The summed E-state index contributed by atoms with van der Waals surface area (Å²) in [6.45, 7) is 7.92. The lowest BCUT2D eigenvalue weighted by Crippen LogP contribution is -2.51. The highest BCUT2D eigenvalue weighted by atomic mass is 16.4. The second kappa shape index (κ2) is 44.3. The number of hydrogen-bond acceptors (Lipinski definition) is 12. The molecule has 0 aliphatic carbocycles. The Morgan fingerprint density at radius 2 is 0.935 bits per heavy atom. The standard InChI is InChI=1S/C47H97N7O8/c1-2-3-4-5-6-10-13-19-28-40(46(61)52-34-24-17-15-18-27-39(36-50-32-25-21-30-48)37-51-33-26-22-31-49)54-42(57)29-20-14-11-8-7-9-12-16-23-35-53-47(62)45(60)44(59)43(58)41(56)38-55/h39-41,43-45,50-51,55-56,58-60H,2-38,48-49H2,1H3,(H,52,61)(H,53,62)(H,54,57)/t40?,41-,43-,44+,45-/m1/s1. The van der Waals surface area contributed by atoms with Crippen LogP contribution >= 0.6 is 0 Å². The number of hydrogen-bond donors (Lipinski definition) is 12. The van der Waals surface area contributed by atoms with Gasteiger partial charge in [0.2, 0.25) is 11.8 Å². The molecular weight excluding hydrogens is 791 g/mol. The molecule has 0 heterocycles. The van der Waals surface area contributed by atoms with Gasteiger partial charge in [0.05, 0.1) is 6.61 Å². The van der Waals surface area contributed by atoms with Gasteiger partial charge in [0.15, 0.2) is 6.10 Å². The Labute approximate surface area is 376 Å². The molecule has 0 aromatic carbocycles. The van der Waals surface area contributed by atoms with Crippen LogP contribution in [0.15, 0.2) is 0 Å². The predicted molar refractivity (Wildman–Crippen MR) is 251 cm³/mol. The van der Waals surface area contributed by atoms with E-state index in [1.165, 1.54) is 51.4 Å². The van der Waals surface area contributed by atoms with Gasteiger partial charge in [0.1, 0.15) is 24.4 Å². The summed E-state index contributed by atoms with van der Waals surface area (Å²) in [5.74, 6) is -0.353. The Hall–Kier alpha value is -1.95. The third-order valence-corrected chi connectivity index (χ3v) is 11.7. The second-order valence-electron chi connectivity index (χ2n) is 17.5. The number of amides is 3. The fourth-order valence-corrected chi connectivity index (χ4v) is 7.58. The number of rotatable bonds is 47. The van der Waals surface area contributed by atoms with E-state index in [1.54, 1.807) is 0 Å².